The molecule has 0 radical (unpaired) electrons. The predicted molar refractivity (Wildman–Crippen MR) is 140 cm³/mol. The molecule has 2 aliphatic rings. The Bertz CT molecular complexity index is 1330. The van der Waals surface area contributed by atoms with Gasteiger partial charge in [-0.2, -0.15) is 0 Å². The first kappa shape index (κ1) is 24.6. The van der Waals surface area contributed by atoms with Gasteiger partial charge < -0.3 is 19.6 Å². The van der Waals surface area contributed by atoms with E-state index in [9.17, 15) is 19.5 Å². The van der Waals surface area contributed by atoms with Crippen molar-refractivity contribution in [3.05, 3.63) is 89.0 Å². The van der Waals surface area contributed by atoms with Crippen LogP contribution in [-0.2, 0) is 29.3 Å². The van der Waals surface area contributed by atoms with Crippen molar-refractivity contribution in [3.8, 4) is 11.5 Å². The summed E-state index contributed by atoms with van der Waals surface area (Å²) in [7, 11) is 1.94. The summed E-state index contributed by atoms with van der Waals surface area (Å²) < 4.78 is 6.13. The molecule has 3 aromatic rings. The minimum Gasteiger partial charge on any atom is -0.506 e. The molecule has 1 heterocycles. The standard InChI is InChI=1S/C30H30N2O5/c1-31(25-8-2-3-10-27(25)34)17-20-12-14-21(15-13-20)19-37-29-11-5-7-23-24(29)18-32(30(23)36)26-9-4-6-22(33)16-28(26)35/h2-3,5,7-8,10-15,26,34H,4,6,9,16-19H2,1H3/t26-/m0/s1. The monoisotopic (exact) mass is 498 g/mol. The summed E-state index contributed by atoms with van der Waals surface area (Å²) in [5, 5.41) is 10.1. The third kappa shape index (κ3) is 5.21. The lowest BCUT2D eigenvalue weighted by atomic mass is 10.1. The summed E-state index contributed by atoms with van der Waals surface area (Å²) in [6.07, 6.45) is 1.45. The minimum atomic E-state index is -0.553. The number of ketones is 2. The Kier molecular flexibility index (Phi) is 6.95. The van der Waals surface area contributed by atoms with Crippen LogP contribution < -0.4 is 9.64 Å². The number of phenols is 1. The number of para-hydroxylation sites is 2. The van der Waals surface area contributed by atoms with Gasteiger partial charge in [0.1, 0.15) is 23.9 Å². The van der Waals surface area contributed by atoms with Gasteiger partial charge in [0.15, 0.2) is 5.78 Å². The van der Waals surface area contributed by atoms with Crippen molar-refractivity contribution in [2.45, 2.75) is 51.4 Å². The predicted octanol–water partition coefficient (Wildman–Crippen LogP) is 4.64. The molecule has 0 bridgehead atoms. The highest BCUT2D eigenvalue weighted by atomic mass is 16.5. The molecular weight excluding hydrogens is 468 g/mol. The lowest BCUT2D eigenvalue weighted by Crippen LogP contribution is -2.41. The highest BCUT2D eigenvalue weighted by molar-refractivity contribution is 6.06. The van der Waals surface area contributed by atoms with Crippen LogP contribution in [0.3, 0.4) is 0 Å². The lowest BCUT2D eigenvalue weighted by Gasteiger charge is -2.25. The first-order valence-electron chi connectivity index (χ1n) is 12.6. The molecule has 1 N–H and O–H groups in total. The van der Waals surface area contributed by atoms with Crippen molar-refractivity contribution in [2.75, 3.05) is 11.9 Å². The Morgan fingerprint density at radius 3 is 2.51 bits per heavy atom. The van der Waals surface area contributed by atoms with Crippen molar-refractivity contribution in [3.63, 3.8) is 0 Å². The van der Waals surface area contributed by atoms with Gasteiger partial charge in [0.2, 0.25) is 0 Å². The summed E-state index contributed by atoms with van der Waals surface area (Å²) in [6, 6.07) is 20.2. The van der Waals surface area contributed by atoms with E-state index in [2.05, 4.69) is 0 Å². The van der Waals surface area contributed by atoms with Gasteiger partial charge in [0.25, 0.3) is 5.91 Å². The molecule has 190 valence electrons. The second-order valence-electron chi connectivity index (χ2n) is 9.76. The number of benzene rings is 3. The van der Waals surface area contributed by atoms with E-state index in [1.807, 2.05) is 54.4 Å². The SMILES string of the molecule is CN(Cc1ccc(COc2cccc3c2CN([C@H]2CCCC(=O)CC2=O)C3=O)cc1)c1ccccc1O. The van der Waals surface area contributed by atoms with Gasteiger partial charge in [0.05, 0.1) is 24.7 Å². The minimum absolute atomic E-state index is 0.0449. The largest absolute Gasteiger partial charge is 0.506 e. The van der Waals surface area contributed by atoms with Crippen LogP contribution in [0.1, 0.15) is 52.7 Å². The molecule has 1 aliphatic heterocycles. The average molecular weight is 499 g/mol. The van der Waals surface area contributed by atoms with Crippen LogP contribution in [0.5, 0.6) is 11.5 Å². The Balaban J connectivity index is 1.24. The van der Waals surface area contributed by atoms with Gasteiger partial charge in [0, 0.05) is 31.1 Å². The van der Waals surface area contributed by atoms with Crippen molar-refractivity contribution in [1.82, 2.24) is 4.90 Å². The molecule has 5 rings (SSSR count). The van der Waals surface area contributed by atoms with Gasteiger partial charge in [-0.3, -0.25) is 14.4 Å². The maximum Gasteiger partial charge on any atom is 0.255 e. The van der Waals surface area contributed by atoms with Crippen LogP contribution in [-0.4, -0.2) is 40.6 Å². The molecule has 0 saturated heterocycles. The van der Waals surface area contributed by atoms with Crippen molar-refractivity contribution in [2.24, 2.45) is 0 Å². The lowest BCUT2D eigenvalue weighted by molar-refractivity contribution is -0.128. The zero-order valence-electron chi connectivity index (χ0n) is 20.9. The Morgan fingerprint density at radius 1 is 0.973 bits per heavy atom. The second-order valence-corrected chi connectivity index (χ2v) is 9.76. The Labute approximate surface area is 216 Å². The van der Waals surface area contributed by atoms with Crippen molar-refractivity contribution in [1.29, 1.82) is 0 Å². The molecule has 0 spiro atoms. The molecule has 1 fully saturated rings. The number of carbonyl (C=O) groups excluding carboxylic acids is 3. The fourth-order valence-corrected chi connectivity index (χ4v) is 5.14. The number of hydrogen-bond acceptors (Lipinski definition) is 6. The highest BCUT2D eigenvalue weighted by Gasteiger charge is 2.38. The number of anilines is 1. The smallest absolute Gasteiger partial charge is 0.255 e. The number of carbonyl (C=O) groups is 3. The van der Waals surface area contributed by atoms with Gasteiger partial charge >= 0.3 is 0 Å². The van der Waals surface area contributed by atoms with Crippen LogP contribution in [0.4, 0.5) is 5.69 Å². The molecule has 7 heteroatoms. The third-order valence-corrected chi connectivity index (χ3v) is 7.14. The quantitative estimate of drug-likeness (QED) is 0.377. The van der Waals surface area contributed by atoms with Gasteiger partial charge in [-0.05, 0) is 48.2 Å². The number of Topliss-reactive ketones (excluding diaryl/α,β-unsaturated/α-hetero) is 2. The van der Waals surface area contributed by atoms with E-state index in [-0.39, 0.29) is 29.6 Å². The normalized spacial score (nSPS) is 17.5. The summed E-state index contributed by atoms with van der Waals surface area (Å²) >= 11 is 0. The zero-order valence-corrected chi connectivity index (χ0v) is 20.9. The van der Waals surface area contributed by atoms with E-state index in [4.69, 9.17) is 4.74 Å². The van der Waals surface area contributed by atoms with E-state index < -0.39 is 6.04 Å². The second kappa shape index (κ2) is 10.5. The van der Waals surface area contributed by atoms with Crippen LogP contribution in [0.2, 0.25) is 0 Å². The van der Waals surface area contributed by atoms with Crippen LogP contribution in [0, 0.1) is 0 Å². The molecule has 0 aromatic heterocycles. The Morgan fingerprint density at radius 2 is 1.73 bits per heavy atom. The van der Waals surface area contributed by atoms with Crippen LogP contribution in [0.15, 0.2) is 66.7 Å². The Hall–Kier alpha value is -4.13. The number of nitrogens with zero attached hydrogens (tertiary/aromatic N) is 2. The number of aromatic hydroxyl groups is 1. The van der Waals surface area contributed by atoms with E-state index in [1.54, 1.807) is 29.2 Å². The van der Waals surface area contributed by atoms with Crippen LogP contribution in [0.25, 0.3) is 0 Å². The zero-order chi connectivity index (χ0) is 25.9. The number of fused-ring (bicyclic) bond motifs is 1. The number of hydrogen-bond donors (Lipinski definition) is 1. The number of rotatable bonds is 7. The first-order chi connectivity index (χ1) is 17.9. The summed E-state index contributed by atoms with van der Waals surface area (Å²) in [4.78, 5) is 41.2. The molecule has 1 amide bonds. The molecule has 7 nitrogen and oxygen atoms in total. The first-order valence-corrected chi connectivity index (χ1v) is 12.6. The molecular formula is C30H30N2O5. The molecule has 1 atom stereocenters. The molecule has 1 aliphatic carbocycles. The summed E-state index contributed by atoms with van der Waals surface area (Å²) in [5.41, 5.74) is 4.21. The summed E-state index contributed by atoms with van der Waals surface area (Å²) in [5.74, 6) is 0.496. The fraction of sp³-hybridized carbons (Fsp3) is 0.300. The van der Waals surface area contributed by atoms with Crippen molar-refractivity contribution >= 4 is 23.2 Å². The van der Waals surface area contributed by atoms with Gasteiger partial charge in [-0.25, -0.2) is 0 Å². The van der Waals surface area contributed by atoms with E-state index >= 15 is 0 Å². The highest BCUT2D eigenvalue weighted by Crippen LogP contribution is 2.34. The topological polar surface area (TPSA) is 87.2 Å². The maximum absolute atomic E-state index is 13.1. The molecule has 0 unspecified atom stereocenters. The van der Waals surface area contributed by atoms with E-state index in [0.29, 0.717) is 50.3 Å². The maximum atomic E-state index is 13.1. The average Bonchev–Trinajstić information content (AvgIpc) is 3.12. The van der Waals surface area contributed by atoms with Gasteiger partial charge in [-0.15, -0.1) is 0 Å². The van der Waals surface area contributed by atoms with Crippen molar-refractivity contribution < 1.29 is 24.2 Å². The summed E-state index contributed by atoms with van der Waals surface area (Å²) in [6.45, 7) is 1.30. The van der Waals surface area contributed by atoms with E-state index in [0.717, 1.165) is 22.4 Å². The fourth-order valence-electron chi connectivity index (χ4n) is 5.14. The number of ether oxygens (including phenoxy) is 1. The van der Waals surface area contributed by atoms with E-state index in [1.165, 1.54) is 0 Å². The number of phenolic OH excluding ortho intramolecular Hbond substituents is 1. The molecule has 1 saturated carbocycles. The third-order valence-electron chi connectivity index (χ3n) is 7.14. The van der Waals surface area contributed by atoms with Gasteiger partial charge in [-0.1, -0.05) is 42.5 Å². The van der Waals surface area contributed by atoms with Crippen LogP contribution >= 0.6 is 0 Å². The number of amides is 1. The molecule has 3 aromatic carbocycles. The molecule has 37 heavy (non-hydrogen) atoms.